The minimum atomic E-state index is 0.785. The largest absolute Gasteiger partial charge is 0.449 e. The fraction of sp³-hybridized carbons (Fsp3) is 0.370. The van der Waals surface area contributed by atoms with Crippen molar-refractivity contribution in [2.75, 3.05) is 0 Å². The Morgan fingerprint density at radius 3 is 2.70 bits per heavy atom. The van der Waals surface area contributed by atoms with E-state index < -0.39 is 0 Å². The van der Waals surface area contributed by atoms with E-state index in [0.717, 1.165) is 23.8 Å². The van der Waals surface area contributed by atoms with Crippen LogP contribution >= 0.6 is 11.3 Å². The van der Waals surface area contributed by atoms with Crippen LogP contribution in [0, 0.1) is 26.7 Å². The Morgan fingerprint density at radius 1 is 1.10 bits per heavy atom. The maximum Gasteiger partial charge on any atom is 0.257 e. The molecule has 6 rings (SSSR count). The highest BCUT2D eigenvalue weighted by Crippen LogP contribution is 2.51. The standard InChI is InChI=1S/C27H28NOS/c1-15-11-19-13-16(2)17(3)23-24(19)22(12-15)29-26-20(14-18-7-5-6-8-18)27-21(9-10-30-27)28(4)25(23)26/h9-13,18H,5-8,14H2,1-4H3/q+1. The molecule has 3 heterocycles. The quantitative estimate of drug-likeness (QED) is 0.276. The number of thiophene rings is 1. The number of ether oxygens (including phenoxy) is 1. The van der Waals surface area contributed by atoms with Crippen LogP contribution in [0.3, 0.4) is 0 Å². The zero-order valence-electron chi connectivity index (χ0n) is 18.3. The molecule has 0 radical (unpaired) electrons. The maximum absolute atomic E-state index is 6.81. The van der Waals surface area contributed by atoms with Gasteiger partial charge in [-0.05, 0) is 66.6 Å². The van der Waals surface area contributed by atoms with Crippen LogP contribution in [-0.4, -0.2) is 0 Å². The van der Waals surface area contributed by atoms with E-state index in [0.29, 0.717) is 0 Å². The number of pyridine rings is 1. The molecule has 1 aliphatic heterocycles. The Bertz CT molecular complexity index is 1340. The van der Waals surface area contributed by atoms with Crippen LogP contribution in [0.5, 0.6) is 11.5 Å². The van der Waals surface area contributed by atoms with Crippen LogP contribution in [0.15, 0.2) is 29.6 Å². The van der Waals surface area contributed by atoms with Crippen molar-refractivity contribution in [1.29, 1.82) is 0 Å². The van der Waals surface area contributed by atoms with Crippen molar-refractivity contribution in [3.63, 3.8) is 0 Å². The van der Waals surface area contributed by atoms with Crippen molar-refractivity contribution in [3.8, 4) is 22.8 Å². The molecule has 0 atom stereocenters. The highest BCUT2D eigenvalue weighted by molar-refractivity contribution is 7.17. The van der Waals surface area contributed by atoms with E-state index >= 15 is 0 Å². The molecular formula is C27H28NOS+. The molecule has 1 aliphatic carbocycles. The second-order valence-corrected chi connectivity index (χ2v) is 10.3. The van der Waals surface area contributed by atoms with Gasteiger partial charge in [-0.2, -0.15) is 4.57 Å². The van der Waals surface area contributed by atoms with E-state index in [1.165, 1.54) is 80.2 Å². The molecule has 0 spiro atoms. The third-order valence-corrected chi connectivity index (χ3v) is 8.35. The van der Waals surface area contributed by atoms with Crippen molar-refractivity contribution in [2.24, 2.45) is 13.0 Å². The third-order valence-electron chi connectivity index (χ3n) is 7.39. The number of aromatic nitrogens is 1. The van der Waals surface area contributed by atoms with Gasteiger partial charge in [0.05, 0.1) is 5.56 Å². The second-order valence-electron chi connectivity index (χ2n) is 9.36. The summed E-state index contributed by atoms with van der Waals surface area (Å²) in [4.78, 5) is 0. The molecule has 2 aromatic carbocycles. The van der Waals surface area contributed by atoms with E-state index in [9.17, 15) is 0 Å². The lowest BCUT2D eigenvalue weighted by Crippen LogP contribution is -2.34. The summed E-state index contributed by atoms with van der Waals surface area (Å²) >= 11 is 1.87. The van der Waals surface area contributed by atoms with Crippen molar-refractivity contribution in [1.82, 2.24) is 0 Å². The molecule has 30 heavy (non-hydrogen) atoms. The smallest absolute Gasteiger partial charge is 0.257 e. The highest BCUT2D eigenvalue weighted by Gasteiger charge is 2.35. The molecule has 4 aromatic rings. The summed E-state index contributed by atoms with van der Waals surface area (Å²) in [5.74, 6) is 2.92. The Hall–Kier alpha value is -2.39. The monoisotopic (exact) mass is 414 g/mol. The summed E-state index contributed by atoms with van der Waals surface area (Å²) < 4.78 is 10.6. The molecule has 0 amide bonds. The lowest BCUT2D eigenvalue weighted by atomic mass is 9.88. The van der Waals surface area contributed by atoms with Gasteiger partial charge in [-0.25, -0.2) is 0 Å². The topological polar surface area (TPSA) is 13.1 Å². The van der Waals surface area contributed by atoms with Gasteiger partial charge >= 0.3 is 0 Å². The molecule has 1 saturated carbocycles. The van der Waals surface area contributed by atoms with Gasteiger partial charge < -0.3 is 4.74 Å². The predicted octanol–water partition coefficient (Wildman–Crippen LogP) is 7.31. The molecule has 0 bridgehead atoms. The summed E-state index contributed by atoms with van der Waals surface area (Å²) in [6.45, 7) is 6.69. The normalized spacial score (nSPS) is 15.7. The summed E-state index contributed by atoms with van der Waals surface area (Å²) in [6, 6.07) is 9.13. The van der Waals surface area contributed by atoms with Gasteiger partial charge in [0.2, 0.25) is 11.3 Å². The van der Waals surface area contributed by atoms with Gasteiger partial charge in [0.25, 0.3) is 5.69 Å². The van der Waals surface area contributed by atoms with Gasteiger partial charge in [0.1, 0.15) is 17.5 Å². The minimum Gasteiger partial charge on any atom is -0.449 e. The van der Waals surface area contributed by atoms with Gasteiger partial charge in [-0.15, -0.1) is 11.3 Å². The fourth-order valence-corrected chi connectivity index (χ4v) is 6.74. The summed E-state index contributed by atoms with van der Waals surface area (Å²) in [7, 11) is 2.21. The Kier molecular flexibility index (Phi) is 4.02. The van der Waals surface area contributed by atoms with Crippen LogP contribution in [0.4, 0.5) is 0 Å². The Balaban J connectivity index is 1.74. The number of aryl methyl sites for hydroxylation is 3. The molecule has 0 saturated heterocycles. The predicted molar refractivity (Wildman–Crippen MR) is 126 cm³/mol. The van der Waals surface area contributed by atoms with Gasteiger partial charge in [0.15, 0.2) is 0 Å². The Labute approximate surface area is 182 Å². The van der Waals surface area contributed by atoms with E-state index in [1.807, 2.05) is 11.3 Å². The van der Waals surface area contributed by atoms with Crippen molar-refractivity contribution < 1.29 is 9.30 Å². The highest BCUT2D eigenvalue weighted by atomic mass is 32.1. The molecule has 2 aliphatic rings. The zero-order valence-corrected chi connectivity index (χ0v) is 19.1. The van der Waals surface area contributed by atoms with Crippen LogP contribution in [-0.2, 0) is 13.5 Å². The van der Waals surface area contributed by atoms with Crippen molar-refractivity contribution >= 4 is 32.3 Å². The molecule has 3 heteroatoms. The van der Waals surface area contributed by atoms with E-state index in [1.54, 1.807) is 0 Å². The number of hydrogen-bond donors (Lipinski definition) is 0. The number of benzene rings is 2. The number of fused-ring (bicyclic) bond motifs is 3. The van der Waals surface area contributed by atoms with Crippen molar-refractivity contribution in [3.05, 3.63) is 51.9 Å². The average Bonchev–Trinajstić information content (AvgIpc) is 3.40. The van der Waals surface area contributed by atoms with Crippen LogP contribution in [0.25, 0.3) is 32.2 Å². The summed E-state index contributed by atoms with van der Waals surface area (Å²) in [6.07, 6.45) is 6.59. The maximum atomic E-state index is 6.81. The van der Waals surface area contributed by atoms with E-state index in [4.69, 9.17) is 4.74 Å². The SMILES string of the molecule is Cc1cc2c3c(c(C)c(C)cc3c1)-c1c(c(CC3CCCC3)c3sccc3[n+]1C)O2. The number of hydrogen-bond acceptors (Lipinski definition) is 2. The second kappa shape index (κ2) is 6.55. The first-order chi connectivity index (χ1) is 14.5. The van der Waals surface area contributed by atoms with E-state index in [-0.39, 0.29) is 0 Å². The molecule has 152 valence electrons. The van der Waals surface area contributed by atoms with Gasteiger partial charge in [-0.1, -0.05) is 37.8 Å². The summed E-state index contributed by atoms with van der Waals surface area (Å²) in [5.41, 5.74) is 9.37. The van der Waals surface area contributed by atoms with Gasteiger partial charge in [-0.3, -0.25) is 0 Å². The third kappa shape index (κ3) is 2.51. The Morgan fingerprint density at radius 2 is 1.90 bits per heavy atom. The molecular weight excluding hydrogens is 386 g/mol. The lowest BCUT2D eigenvalue weighted by molar-refractivity contribution is -0.633. The molecule has 2 nitrogen and oxygen atoms in total. The van der Waals surface area contributed by atoms with Crippen molar-refractivity contribution in [2.45, 2.75) is 52.9 Å². The van der Waals surface area contributed by atoms with Gasteiger partial charge in [0, 0.05) is 17.0 Å². The molecule has 1 fully saturated rings. The molecule has 0 N–H and O–H groups in total. The van der Waals surface area contributed by atoms with E-state index in [2.05, 4.69) is 62.0 Å². The van der Waals surface area contributed by atoms with Crippen LogP contribution in [0.2, 0.25) is 0 Å². The average molecular weight is 415 g/mol. The number of nitrogens with zero attached hydrogens (tertiary/aromatic N) is 1. The minimum absolute atomic E-state index is 0.785. The van der Waals surface area contributed by atoms with Crippen LogP contribution in [0.1, 0.15) is 47.9 Å². The number of rotatable bonds is 2. The lowest BCUT2D eigenvalue weighted by Gasteiger charge is -2.25. The first-order valence-electron chi connectivity index (χ1n) is 11.2. The fourth-order valence-electron chi connectivity index (χ4n) is 5.77. The zero-order chi connectivity index (χ0) is 20.6. The molecule has 0 unspecified atom stereocenters. The van der Waals surface area contributed by atoms with Crippen LogP contribution < -0.4 is 9.30 Å². The first kappa shape index (κ1) is 18.4. The summed E-state index contributed by atoms with van der Waals surface area (Å²) in [5, 5.41) is 4.80. The molecule has 2 aromatic heterocycles. The first-order valence-corrected chi connectivity index (χ1v) is 12.1.